The first-order valence-corrected chi connectivity index (χ1v) is 7.64. The zero-order valence-corrected chi connectivity index (χ0v) is 14.4. The van der Waals surface area contributed by atoms with Gasteiger partial charge in [0.05, 0.1) is 21.3 Å². The Balaban J connectivity index is 2.01. The van der Waals surface area contributed by atoms with Crippen molar-refractivity contribution in [2.75, 3.05) is 21.3 Å². The van der Waals surface area contributed by atoms with Crippen LogP contribution in [0.3, 0.4) is 0 Å². The minimum atomic E-state index is -0.610. The van der Waals surface area contributed by atoms with Crippen molar-refractivity contribution < 1.29 is 28.1 Å². The van der Waals surface area contributed by atoms with E-state index >= 15 is 0 Å². The molecule has 0 radical (unpaired) electrons. The van der Waals surface area contributed by atoms with Crippen molar-refractivity contribution in [2.24, 2.45) is 4.99 Å². The molecule has 1 aliphatic rings. The Bertz CT molecular complexity index is 903. The molecule has 0 unspecified atom stereocenters. The fraction of sp³-hybridized carbons (Fsp3) is 0.158. The number of hydrogen-bond donors (Lipinski definition) is 0. The molecular weight excluding hydrogens is 341 g/mol. The lowest BCUT2D eigenvalue weighted by molar-refractivity contribution is -0.129. The first-order valence-electron chi connectivity index (χ1n) is 7.64. The maximum Gasteiger partial charge on any atom is 0.363 e. The van der Waals surface area contributed by atoms with Crippen LogP contribution in [0.4, 0.5) is 4.39 Å². The van der Waals surface area contributed by atoms with Crippen LogP contribution in [-0.4, -0.2) is 33.2 Å². The van der Waals surface area contributed by atoms with Gasteiger partial charge < -0.3 is 18.9 Å². The Morgan fingerprint density at radius 3 is 2.19 bits per heavy atom. The number of hydrogen-bond acceptors (Lipinski definition) is 6. The van der Waals surface area contributed by atoms with Crippen molar-refractivity contribution in [1.29, 1.82) is 0 Å². The normalized spacial score (nSPS) is 14.8. The molecule has 26 heavy (non-hydrogen) atoms. The number of cyclic esters (lactones) is 1. The van der Waals surface area contributed by atoms with E-state index in [1.807, 2.05) is 0 Å². The third-order valence-electron chi connectivity index (χ3n) is 3.74. The average Bonchev–Trinajstić information content (AvgIpc) is 3.02. The van der Waals surface area contributed by atoms with Gasteiger partial charge in [0.15, 0.2) is 17.2 Å². The van der Waals surface area contributed by atoms with Crippen LogP contribution in [0.15, 0.2) is 47.1 Å². The van der Waals surface area contributed by atoms with Crippen LogP contribution < -0.4 is 14.2 Å². The van der Waals surface area contributed by atoms with Crippen LogP contribution in [-0.2, 0) is 9.53 Å². The first kappa shape index (κ1) is 17.5. The summed E-state index contributed by atoms with van der Waals surface area (Å²) >= 11 is 0. The van der Waals surface area contributed by atoms with E-state index in [4.69, 9.17) is 18.9 Å². The fourth-order valence-corrected chi connectivity index (χ4v) is 2.44. The Morgan fingerprint density at radius 1 is 0.962 bits per heavy atom. The van der Waals surface area contributed by atoms with Crippen molar-refractivity contribution in [1.82, 2.24) is 0 Å². The minimum Gasteiger partial charge on any atom is -0.496 e. The molecule has 0 fully saturated rings. The van der Waals surface area contributed by atoms with Gasteiger partial charge in [-0.1, -0.05) is 0 Å². The predicted molar refractivity (Wildman–Crippen MR) is 93.1 cm³/mol. The second-order valence-corrected chi connectivity index (χ2v) is 5.29. The number of ether oxygens (including phenoxy) is 4. The van der Waals surface area contributed by atoms with Gasteiger partial charge in [-0.25, -0.2) is 14.2 Å². The Kier molecular flexibility index (Phi) is 4.88. The van der Waals surface area contributed by atoms with E-state index in [9.17, 15) is 9.18 Å². The lowest BCUT2D eigenvalue weighted by Gasteiger charge is -2.12. The summed E-state index contributed by atoms with van der Waals surface area (Å²) in [6.45, 7) is 0. The summed E-state index contributed by atoms with van der Waals surface area (Å²) in [6, 6.07) is 8.83. The monoisotopic (exact) mass is 357 g/mol. The third-order valence-corrected chi connectivity index (χ3v) is 3.74. The van der Waals surface area contributed by atoms with Crippen LogP contribution in [0.1, 0.15) is 11.1 Å². The van der Waals surface area contributed by atoms with Crippen molar-refractivity contribution in [2.45, 2.75) is 0 Å². The SMILES string of the molecule is COc1cc(OC)c(OC)cc1/C=C1\N=C(c2ccc(F)cc2)OC1=O. The molecule has 0 amide bonds. The number of nitrogens with zero attached hydrogens (tertiary/aromatic N) is 1. The molecule has 0 N–H and O–H groups in total. The quantitative estimate of drug-likeness (QED) is 0.607. The van der Waals surface area contributed by atoms with Crippen molar-refractivity contribution in [3.05, 3.63) is 59.0 Å². The molecule has 0 saturated heterocycles. The third kappa shape index (κ3) is 3.37. The molecule has 3 rings (SSSR count). The lowest BCUT2D eigenvalue weighted by atomic mass is 10.1. The molecule has 0 saturated carbocycles. The van der Waals surface area contributed by atoms with Gasteiger partial charge in [0.1, 0.15) is 11.6 Å². The molecule has 134 valence electrons. The number of carbonyl (C=O) groups is 1. The molecule has 2 aromatic rings. The highest BCUT2D eigenvalue weighted by molar-refractivity contribution is 6.13. The molecule has 2 aromatic carbocycles. The first-order chi connectivity index (χ1) is 12.5. The number of benzene rings is 2. The zero-order chi connectivity index (χ0) is 18.7. The van der Waals surface area contributed by atoms with E-state index in [2.05, 4.69) is 4.99 Å². The minimum absolute atomic E-state index is 0.0924. The Labute approximate surface area is 149 Å². The second kappa shape index (κ2) is 7.26. The zero-order valence-electron chi connectivity index (χ0n) is 14.4. The van der Waals surface area contributed by atoms with Crippen LogP contribution in [0.25, 0.3) is 6.08 Å². The smallest absolute Gasteiger partial charge is 0.363 e. The summed E-state index contributed by atoms with van der Waals surface area (Å²) in [5, 5.41) is 0. The number of rotatable bonds is 5. The molecule has 0 bridgehead atoms. The van der Waals surface area contributed by atoms with E-state index in [1.165, 1.54) is 51.7 Å². The van der Waals surface area contributed by atoms with E-state index in [0.29, 0.717) is 28.4 Å². The lowest BCUT2D eigenvalue weighted by Crippen LogP contribution is -2.05. The molecule has 0 aliphatic carbocycles. The molecule has 1 aliphatic heterocycles. The Hall–Kier alpha value is -3.35. The highest BCUT2D eigenvalue weighted by atomic mass is 19.1. The van der Waals surface area contributed by atoms with E-state index < -0.39 is 5.97 Å². The van der Waals surface area contributed by atoms with Crippen LogP contribution in [0.2, 0.25) is 0 Å². The van der Waals surface area contributed by atoms with Gasteiger partial charge in [-0.3, -0.25) is 0 Å². The fourth-order valence-electron chi connectivity index (χ4n) is 2.44. The highest BCUT2D eigenvalue weighted by Gasteiger charge is 2.25. The topological polar surface area (TPSA) is 66.3 Å². The van der Waals surface area contributed by atoms with E-state index in [1.54, 1.807) is 12.1 Å². The summed E-state index contributed by atoms with van der Waals surface area (Å²) in [5.74, 6) is 0.574. The van der Waals surface area contributed by atoms with Gasteiger partial charge in [-0.05, 0) is 36.4 Å². The highest BCUT2D eigenvalue weighted by Crippen LogP contribution is 2.36. The summed E-state index contributed by atoms with van der Waals surface area (Å²) < 4.78 is 34.0. The largest absolute Gasteiger partial charge is 0.496 e. The summed E-state index contributed by atoms with van der Waals surface area (Å²) in [4.78, 5) is 16.3. The summed E-state index contributed by atoms with van der Waals surface area (Å²) in [5.41, 5.74) is 1.17. The summed E-state index contributed by atoms with van der Waals surface area (Å²) in [6.07, 6.45) is 1.53. The molecule has 0 spiro atoms. The van der Waals surface area contributed by atoms with E-state index in [-0.39, 0.29) is 17.4 Å². The van der Waals surface area contributed by atoms with Gasteiger partial charge in [-0.15, -0.1) is 0 Å². The maximum absolute atomic E-state index is 13.0. The summed E-state index contributed by atoms with van der Waals surface area (Å²) in [7, 11) is 4.53. The predicted octanol–water partition coefficient (Wildman–Crippen LogP) is 3.20. The van der Waals surface area contributed by atoms with E-state index in [0.717, 1.165) is 0 Å². The molecule has 0 aromatic heterocycles. The number of esters is 1. The van der Waals surface area contributed by atoms with Crippen LogP contribution in [0.5, 0.6) is 17.2 Å². The number of carbonyl (C=O) groups excluding carboxylic acids is 1. The van der Waals surface area contributed by atoms with Gasteiger partial charge >= 0.3 is 5.97 Å². The second-order valence-electron chi connectivity index (χ2n) is 5.29. The Morgan fingerprint density at radius 2 is 1.58 bits per heavy atom. The van der Waals surface area contributed by atoms with Gasteiger partial charge in [0.25, 0.3) is 0 Å². The number of methoxy groups -OCH3 is 3. The van der Waals surface area contributed by atoms with Crippen LogP contribution in [0, 0.1) is 5.82 Å². The number of aliphatic imine (C=N–C) groups is 1. The molecule has 7 heteroatoms. The molecular formula is C19H16FNO5. The molecule has 1 heterocycles. The maximum atomic E-state index is 13.0. The number of halogens is 1. The van der Waals surface area contributed by atoms with Gasteiger partial charge in [-0.2, -0.15) is 0 Å². The average molecular weight is 357 g/mol. The van der Waals surface area contributed by atoms with Crippen molar-refractivity contribution >= 4 is 17.9 Å². The van der Waals surface area contributed by atoms with Crippen molar-refractivity contribution in [3.8, 4) is 17.2 Å². The van der Waals surface area contributed by atoms with Crippen molar-refractivity contribution in [3.63, 3.8) is 0 Å². The van der Waals surface area contributed by atoms with Gasteiger partial charge in [0.2, 0.25) is 5.90 Å². The standard InChI is InChI=1S/C19H16FNO5/c1-23-15-10-17(25-3)16(24-2)9-12(15)8-14-19(22)26-18(21-14)11-4-6-13(20)7-5-11/h4-10H,1-3H3/b14-8-. The van der Waals surface area contributed by atoms with Crippen LogP contribution >= 0.6 is 0 Å². The van der Waals surface area contributed by atoms with Gasteiger partial charge in [0, 0.05) is 17.2 Å². The molecule has 6 nitrogen and oxygen atoms in total. The molecule has 0 atom stereocenters.